The Balaban J connectivity index is 1.86. The van der Waals surface area contributed by atoms with E-state index in [0.717, 1.165) is 5.56 Å². The molecule has 1 saturated heterocycles. The summed E-state index contributed by atoms with van der Waals surface area (Å²) in [5, 5.41) is 11.2. The number of amides is 1. The van der Waals surface area contributed by atoms with Gasteiger partial charge in [0.05, 0.1) is 12.7 Å². The van der Waals surface area contributed by atoms with Crippen LogP contribution in [0.3, 0.4) is 0 Å². The molecule has 0 radical (unpaired) electrons. The number of pyridine rings is 1. The number of carbonyl (C=O) groups is 2. The number of hydrogen-bond donors (Lipinski definition) is 1. The number of ether oxygens (including phenoxy) is 1. The number of carbonyl (C=O) groups excluding carboxylic acids is 2. The first-order valence-corrected chi connectivity index (χ1v) is 9.79. The molecule has 158 valence electrons. The van der Waals surface area contributed by atoms with Gasteiger partial charge < -0.3 is 19.2 Å². The van der Waals surface area contributed by atoms with E-state index in [0.29, 0.717) is 28.4 Å². The first-order chi connectivity index (χ1) is 14.9. The fourth-order valence-corrected chi connectivity index (χ4v) is 3.80. The maximum absolute atomic E-state index is 13.1. The van der Waals surface area contributed by atoms with E-state index in [1.165, 1.54) is 4.90 Å². The van der Waals surface area contributed by atoms with Gasteiger partial charge in [0, 0.05) is 24.5 Å². The Bertz CT molecular complexity index is 1180. The first kappa shape index (κ1) is 20.4. The molecule has 4 rings (SSSR count). The van der Waals surface area contributed by atoms with Crippen molar-refractivity contribution in [1.29, 1.82) is 0 Å². The Kier molecular flexibility index (Phi) is 5.33. The predicted octanol–water partition coefficient (Wildman–Crippen LogP) is 3.92. The van der Waals surface area contributed by atoms with Gasteiger partial charge >= 0.3 is 0 Å². The van der Waals surface area contributed by atoms with Gasteiger partial charge in [0.25, 0.3) is 11.7 Å². The molecule has 3 aromatic rings. The lowest BCUT2D eigenvalue weighted by Gasteiger charge is -2.23. The van der Waals surface area contributed by atoms with E-state index in [9.17, 15) is 14.7 Å². The number of rotatable bonds is 5. The quantitative estimate of drug-likeness (QED) is 0.384. The predicted molar refractivity (Wildman–Crippen MR) is 113 cm³/mol. The monoisotopic (exact) mass is 418 g/mol. The molecule has 1 amide bonds. The second-order valence-corrected chi connectivity index (χ2v) is 7.42. The maximum atomic E-state index is 13.1. The fourth-order valence-electron chi connectivity index (χ4n) is 3.80. The molecule has 0 saturated carbocycles. The van der Waals surface area contributed by atoms with Crippen LogP contribution in [0.25, 0.3) is 5.76 Å². The van der Waals surface area contributed by atoms with Crippen LogP contribution in [0.2, 0.25) is 0 Å². The van der Waals surface area contributed by atoms with Crippen molar-refractivity contribution in [1.82, 2.24) is 9.88 Å². The molecule has 2 aromatic heterocycles. The highest BCUT2D eigenvalue weighted by Gasteiger charge is 2.47. The van der Waals surface area contributed by atoms with E-state index >= 15 is 0 Å². The lowest BCUT2D eigenvalue weighted by molar-refractivity contribution is -0.140. The van der Waals surface area contributed by atoms with E-state index in [-0.39, 0.29) is 17.9 Å². The molecule has 0 bridgehead atoms. The molecular formula is C24H22N2O5. The third-order valence-electron chi connectivity index (χ3n) is 5.34. The highest BCUT2D eigenvalue weighted by molar-refractivity contribution is 6.46. The van der Waals surface area contributed by atoms with E-state index in [4.69, 9.17) is 9.15 Å². The molecule has 1 aromatic carbocycles. The normalized spacial score (nSPS) is 17.9. The van der Waals surface area contributed by atoms with Crippen molar-refractivity contribution in [2.24, 2.45) is 0 Å². The van der Waals surface area contributed by atoms with Gasteiger partial charge in [-0.1, -0.05) is 6.07 Å². The summed E-state index contributed by atoms with van der Waals surface area (Å²) in [6, 6.07) is 11.3. The third kappa shape index (κ3) is 3.70. The molecular weight excluding hydrogens is 396 g/mol. The summed E-state index contributed by atoms with van der Waals surface area (Å²) in [6.07, 6.45) is 3.27. The van der Waals surface area contributed by atoms with Crippen LogP contribution in [0.1, 0.15) is 34.3 Å². The van der Waals surface area contributed by atoms with Crippen molar-refractivity contribution in [2.75, 3.05) is 7.11 Å². The summed E-state index contributed by atoms with van der Waals surface area (Å²) >= 11 is 0. The number of aliphatic hydroxyl groups excluding tert-OH is 1. The van der Waals surface area contributed by atoms with Gasteiger partial charge in [0.2, 0.25) is 0 Å². The summed E-state index contributed by atoms with van der Waals surface area (Å²) in [5.41, 5.74) is 1.92. The number of likely N-dealkylation sites (tertiary alicyclic amines) is 1. The minimum atomic E-state index is -0.851. The number of ketones is 1. The van der Waals surface area contributed by atoms with Gasteiger partial charge in [-0.2, -0.15) is 0 Å². The Labute approximate surface area is 179 Å². The second kappa shape index (κ2) is 8.10. The Morgan fingerprint density at radius 1 is 1.19 bits per heavy atom. The van der Waals surface area contributed by atoms with E-state index < -0.39 is 17.7 Å². The van der Waals surface area contributed by atoms with Gasteiger partial charge in [-0.3, -0.25) is 14.6 Å². The number of methoxy groups -OCH3 is 1. The number of aryl methyl sites for hydroxylation is 2. The highest BCUT2D eigenvalue weighted by Crippen LogP contribution is 2.41. The largest absolute Gasteiger partial charge is 0.507 e. The van der Waals surface area contributed by atoms with Crippen LogP contribution in [0.5, 0.6) is 5.75 Å². The Morgan fingerprint density at radius 2 is 2.00 bits per heavy atom. The van der Waals surface area contributed by atoms with E-state index in [1.807, 2.05) is 6.07 Å². The summed E-state index contributed by atoms with van der Waals surface area (Å²) in [6.45, 7) is 3.74. The lowest BCUT2D eigenvalue weighted by atomic mass is 9.97. The molecule has 1 N–H and O–H groups in total. The minimum Gasteiger partial charge on any atom is -0.507 e. The number of aliphatic hydroxyl groups is 1. The summed E-state index contributed by atoms with van der Waals surface area (Å²) < 4.78 is 11.0. The molecule has 1 aliphatic heterocycles. The van der Waals surface area contributed by atoms with Crippen LogP contribution in [0, 0.1) is 13.8 Å². The zero-order chi connectivity index (χ0) is 22.1. The van der Waals surface area contributed by atoms with Crippen LogP contribution in [0.15, 0.2) is 64.8 Å². The smallest absolute Gasteiger partial charge is 0.296 e. The van der Waals surface area contributed by atoms with Crippen molar-refractivity contribution in [3.63, 3.8) is 0 Å². The summed E-state index contributed by atoms with van der Waals surface area (Å²) in [7, 11) is 1.55. The average molecular weight is 418 g/mol. The highest BCUT2D eigenvalue weighted by atomic mass is 16.5. The molecule has 7 nitrogen and oxygen atoms in total. The topological polar surface area (TPSA) is 92.9 Å². The molecule has 1 atom stereocenters. The number of Topliss-reactive ketones (excluding diaryl/α,β-unsaturated/α-hetero) is 1. The van der Waals surface area contributed by atoms with Gasteiger partial charge in [0.1, 0.15) is 29.1 Å². The second-order valence-electron chi connectivity index (χ2n) is 7.42. The number of nitrogens with zero attached hydrogens (tertiary/aromatic N) is 2. The zero-order valence-corrected chi connectivity index (χ0v) is 17.5. The van der Waals surface area contributed by atoms with Crippen molar-refractivity contribution >= 4 is 17.4 Å². The Morgan fingerprint density at radius 3 is 2.61 bits per heavy atom. The maximum Gasteiger partial charge on any atom is 0.296 e. The van der Waals surface area contributed by atoms with Gasteiger partial charge in [0.15, 0.2) is 0 Å². The Hall–Kier alpha value is -3.87. The van der Waals surface area contributed by atoms with Crippen molar-refractivity contribution in [2.45, 2.75) is 26.4 Å². The third-order valence-corrected chi connectivity index (χ3v) is 5.34. The van der Waals surface area contributed by atoms with Crippen molar-refractivity contribution < 1.29 is 23.8 Å². The minimum absolute atomic E-state index is 0.00323. The molecule has 0 aliphatic carbocycles. The number of hydrogen-bond acceptors (Lipinski definition) is 6. The van der Waals surface area contributed by atoms with E-state index in [2.05, 4.69) is 4.98 Å². The molecule has 1 unspecified atom stereocenters. The van der Waals surface area contributed by atoms with Gasteiger partial charge in [-0.25, -0.2) is 0 Å². The lowest BCUT2D eigenvalue weighted by Crippen LogP contribution is -2.29. The van der Waals surface area contributed by atoms with Crippen LogP contribution in [-0.4, -0.2) is 33.8 Å². The molecule has 7 heteroatoms. The van der Waals surface area contributed by atoms with Crippen LogP contribution < -0.4 is 4.74 Å². The standard InChI is InChI=1S/C24H22N2O5/c1-14-11-17(30-3)7-8-18(14)22(27)20-21(19-9-6-15(2)31-19)26(24(29)23(20)28)13-16-5-4-10-25-12-16/h4-12,21,27H,13H2,1-3H3/b22-20-. The summed E-state index contributed by atoms with van der Waals surface area (Å²) in [4.78, 5) is 31.5. The van der Waals surface area contributed by atoms with Crippen molar-refractivity contribution in [3.8, 4) is 5.75 Å². The summed E-state index contributed by atoms with van der Waals surface area (Å²) in [5.74, 6) is -0.0160. The molecule has 1 aliphatic rings. The zero-order valence-electron chi connectivity index (χ0n) is 17.5. The van der Waals surface area contributed by atoms with Crippen LogP contribution in [0.4, 0.5) is 0 Å². The number of furan rings is 1. The number of aromatic nitrogens is 1. The fraction of sp³-hybridized carbons (Fsp3) is 0.208. The van der Waals surface area contributed by atoms with Gasteiger partial charge in [-0.05, 0) is 61.4 Å². The molecule has 1 fully saturated rings. The SMILES string of the molecule is COc1ccc(/C(O)=C2/C(=O)C(=O)N(Cc3cccnc3)C2c2ccc(C)o2)c(C)c1. The van der Waals surface area contributed by atoms with Crippen LogP contribution in [-0.2, 0) is 16.1 Å². The van der Waals surface area contributed by atoms with E-state index in [1.54, 1.807) is 69.7 Å². The van der Waals surface area contributed by atoms with Gasteiger partial charge in [-0.15, -0.1) is 0 Å². The molecule has 3 heterocycles. The first-order valence-electron chi connectivity index (χ1n) is 9.79. The average Bonchev–Trinajstić information content (AvgIpc) is 3.30. The molecule has 31 heavy (non-hydrogen) atoms. The van der Waals surface area contributed by atoms with Crippen molar-refractivity contribution in [3.05, 3.63) is 88.6 Å². The number of benzene rings is 1. The molecule has 0 spiro atoms. The van der Waals surface area contributed by atoms with Crippen LogP contribution >= 0.6 is 0 Å².